The van der Waals surface area contributed by atoms with Crippen LogP contribution in [0.5, 0.6) is 5.75 Å². The lowest BCUT2D eigenvalue weighted by atomic mass is 10.0. The zero-order valence-electron chi connectivity index (χ0n) is 12.2. The molecule has 110 valence electrons. The van der Waals surface area contributed by atoms with E-state index in [2.05, 4.69) is 0 Å². The number of benzene rings is 2. The highest BCUT2D eigenvalue weighted by molar-refractivity contribution is 5.77. The number of carbonyl (C=O) groups excluding carboxylic acids is 1. The quantitative estimate of drug-likeness (QED) is 0.858. The predicted molar refractivity (Wildman–Crippen MR) is 80.9 cm³/mol. The molecule has 0 saturated heterocycles. The van der Waals surface area contributed by atoms with Crippen molar-refractivity contribution in [3.8, 4) is 5.75 Å². The molecule has 0 aliphatic carbocycles. The Kier molecular flexibility index (Phi) is 4.95. The number of hydrogen-bond donors (Lipinski definition) is 1. The summed E-state index contributed by atoms with van der Waals surface area (Å²) in [7, 11) is 1.33. The van der Waals surface area contributed by atoms with Crippen LogP contribution in [0.2, 0.25) is 0 Å². The second kappa shape index (κ2) is 6.90. The molecule has 4 nitrogen and oxygen atoms in total. The first-order valence-corrected chi connectivity index (χ1v) is 6.73. The van der Waals surface area contributed by atoms with Gasteiger partial charge in [0.05, 0.1) is 7.11 Å². The van der Waals surface area contributed by atoms with Crippen LogP contribution in [0.1, 0.15) is 22.7 Å². The van der Waals surface area contributed by atoms with Crippen LogP contribution in [0.3, 0.4) is 0 Å². The van der Waals surface area contributed by atoms with E-state index in [1.165, 1.54) is 7.11 Å². The molecule has 0 saturated carbocycles. The fourth-order valence-electron chi connectivity index (χ4n) is 2.10. The maximum absolute atomic E-state index is 11.6. The van der Waals surface area contributed by atoms with Crippen molar-refractivity contribution in [2.24, 2.45) is 5.73 Å². The van der Waals surface area contributed by atoms with Gasteiger partial charge in [-0.05, 0) is 29.7 Å². The highest BCUT2D eigenvalue weighted by atomic mass is 16.5. The SMILES string of the molecule is COC(=O)C(N)c1ccccc1COc1ccccc1C. The van der Waals surface area contributed by atoms with Gasteiger partial charge in [-0.1, -0.05) is 42.5 Å². The molecule has 0 radical (unpaired) electrons. The normalized spacial score (nSPS) is 11.8. The van der Waals surface area contributed by atoms with Crippen LogP contribution < -0.4 is 10.5 Å². The molecule has 0 spiro atoms. The lowest BCUT2D eigenvalue weighted by molar-refractivity contribution is -0.142. The van der Waals surface area contributed by atoms with Crippen molar-refractivity contribution < 1.29 is 14.3 Å². The van der Waals surface area contributed by atoms with Crippen LogP contribution in [-0.4, -0.2) is 13.1 Å². The molecule has 0 amide bonds. The number of rotatable bonds is 5. The fourth-order valence-corrected chi connectivity index (χ4v) is 2.10. The summed E-state index contributed by atoms with van der Waals surface area (Å²) < 4.78 is 10.5. The molecule has 0 heterocycles. The van der Waals surface area contributed by atoms with Crippen LogP contribution in [0.15, 0.2) is 48.5 Å². The monoisotopic (exact) mass is 285 g/mol. The van der Waals surface area contributed by atoms with E-state index in [4.69, 9.17) is 15.2 Å². The summed E-state index contributed by atoms with van der Waals surface area (Å²) in [6.45, 7) is 2.34. The Hall–Kier alpha value is -2.33. The van der Waals surface area contributed by atoms with Crippen molar-refractivity contribution in [2.75, 3.05) is 7.11 Å². The van der Waals surface area contributed by atoms with Gasteiger partial charge in [0.25, 0.3) is 0 Å². The van der Waals surface area contributed by atoms with E-state index in [0.717, 1.165) is 22.4 Å². The molecule has 1 unspecified atom stereocenters. The highest BCUT2D eigenvalue weighted by Crippen LogP contribution is 2.21. The molecule has 2 N–H and O–H groups in total. The average molecular weight is 285 g/mol. The van der Waals surface area contributed by atoms with Gasteiger partial charge in [0.2, 0.25) is 0 Å². The molecular formula is C17H19NO3. The summed E-state index contributed by atoms with van der Waals surface area (Å²) >= 11 is 0. The van der Waals surface area contributed by atoms with Gasteiger partial charge in [-0.3, -0.25) is 4.79 Å². The Morgan fingerprint density at radius 3 is 2.52 bits per heavy atom. The predicted octanol–water partition coefficient (Wildman–Crippen LogP) is 2.75. The molecule has 0 aliphatic rings. The lowest BCUT2D eigenvalue weighted by Crippen LogP contribution is -2.24. The van der Waals surface area contributed by atoms with Crippen LogP contribution in [0.4, 0.5) is 0 Å². The smallest absolute Gasteiger partial charge is 0.327 e. The van der Waals surface area contributed by atoms with Crippen LogP contribution in [0.25, 0.3) is 0 Å². The van der Waals surface area contributed by atoms with Crippen molar-refractivity contribution in [1.29, 1.82) is 0 Å². The maximum Gasteiger partial charge on any atom is 0.327 e. The van der Waals surface area contributed by atoms with Crippen LogP contribution >= 0.6 is 0 Å². The Bertz CT molecular complexity index is 625. The molecular weight excluding hydrogens is 266 g/mol. The molecule has 2 aromatic rings. The molecule has 0 fully saturated rings. The van der Waals surface area contributed by atoms with Crippen molar-refractivity contribution in [3.63, 3.8) is 0 Å². The molecule has 0 bridgehead atoms. The van der Waals surface area contributed by atoms with E-state index < -0.39 is 12.0 Å². The van der Waals surface area contributed by atoms with E-state index in [1.54, 1.807) is 0 Å². The fraction of sp³-hybridized carbons (Fsp3) is 0.235. The Morgan fingerprint density at radius 1 is 1.14 bits per heavy atom. The minimum absolute atomic E-state index is 0.353. The van der Waals surface area contributed by atoms with E-state index in [1.807, 2.05) is 55.5 Å². The van der Waals surface area contributed by atoms with Crippen LogP contribution in [0, 0.1) is 6.92 Å². The summed E-state index contributed by atoms with van der Waals surface area (Å²) in [5.74, 6) is 0.359. The number of methoxy groups -OCH3 is 1. The number of nitrogens with two attached hydrogens (primary N) is 1. The largest absolute Gasteiger partial charge is 0.489 e. The van der Waals surface area contributed by atoms with Crippen molar-refractivity contribution >= 4 is 5.97 Å². The molecule has 2 rings (SSSR count). The first kappa shape index (κ1) is 15.1. The summed E-state index contributed by atoms with van der Waals surface area (Å²) in [6.07, 6.45) is 0. The molecule has 21 heavy (non-hydrogen) atoms. The molecule has 2 aromatic carbocycles. The lowest BCUT2D eigenvalue weighted by Gasteiger charge is -2.15. The zero-order valence-corrected chi connectivity index (χ0v) is 12.2. The third-order valence-corrected chi connectivity index (χ3v) is 3.32. The molecule has 1 atom stereocenters. The van der Waals surface area contributed by atoms with Gasteiger partial charge in [-0.15, -0.1) is 0 Å². The Balaban J connectivity index is 2.17. The van der Waals surface area contributed by atoms with E-state index in [0.29, 0.717) is 6.61 Å². The number of para-hydroxylation sites is 1. The minimum Gasteiger partial charge on any atom is -0.489 e. The summed E-state index contributed by atoms with van der Waals surface area (Å²) in [4.78, 5) is 11.6. The first-order chi connectivity index (χ1) is 10.1. The number of esters is 1. The minimum atomic E-state index is -0.799. The number of aryl methyl sites for hydroxylation is 1. The number of hydrogen-bond acceptors (Lipinski definition) is 4. The van der Waals surface area contributed by atoms with Gasteiger partial charge in [-0.2, -0.15) is 0 Å². The van der Waals surface area contributed by atoms with Crippen molar-refractivity contribution in [3.05, 3.63) is 65.2 Å². The van der Waals surface area contributed by atoms with Gasteiger partial charge in [-0.25, -0.2) is 0 Å². The number of ether oxygens (including phenoxy) is 2. The Morgan fingerprint density at radius 2 is 1.81 bits per heavy atom. The summed E-state index contributed by atoms with van der Waals surface area (Å²) in [6, 6.07) is 14.4. The van der Waals surface area contributed by atoms with Gasteiger partial charge in [0.1, 0.15) is 18.4 Å². The zero-order chi connectivity index (χ0) is 15.2. The van der Waals surface area contributed by atoms with Crippen molar-refractivity contribution in [2.45, 2.75) is 19.6 Å². The second-order valence-electron chi connectivity index (χ2n) is 4.75. The van der Waals surface area contributed by atoms with E-state index in [9.17, 15) is 4.79 Å². The molecule has 0 aliphatic heterocycles. The second-order valence-corrected chi connectivity index (χ2v) is 4.75. The Labute approximate surface area is 124 Å². The number of carbonyl (C=O) groups is 1. The first-order valence-electron chi connectivity index (χ1n) is 6.73. The topological polar surface area (TPSA) is 61.5 Å². The summed E-state index contributed by atoms with van der Waals surface area (Å²) in [5.41, 5.74) is 8.57. The molecule has 0 aromatic heterocycles. The standard InChI is InChI=1S/C17H19NO3/c1-12-7-3-6-10-15(12)21-11-13-8-4-5-9-14(13)16(18)17(19)20-2/h3-10,16H,11,18H2,1-2H3. The highest BCUT2D eigenvalue weighted by Gasteiger charge is 2.19. The van der Waals surface area contributed by atoms with Crippen LogP contribution in [-0.2, 0) is 16.1 Å². The maximum atomic E-state index is 11.6. The average Bonchev–Trinajstić information content (AvgIpc) is 2.53. The van der Waals surface area contributed by atoms with Gasteiger partial charge >= 0.3 is 5.97 Å². The third kappa shape index (κ3) is 3.61. The van der Waals surface area contributed by atoms with Crippen molar-refractivity contribution in [1.82, 2.24) is 0 Å². The van der Waals surface area contributed by atoms with E-state index in [-0.39, 0.29) is 0 Å². The summed E-state index contributed by atoms with van der Waals surface area (Å²) in [5, 5.41) is 0. The van der Waals surface area contributed by atoms with E-state index >= 15 is 0 Å². The van der Waals surface area contributed by atoms with Gasteiger partial charge in [0, 0.05) is 0 Å². The third-order valence-electron chi connectivity index (χ3n) is 3.32. The van der Waals surface area contributed by atoms with Gasteiger partial charge < -0.3 is 15.2 Å². The van der Waals surface area contributed by atoms with Gasteiger partial charge in [0.15, 0.2) is 0 Å². The molecule has 4 heteroatoms.